The van der Waals surface area contributed by atoms with Crippen LogP contribution in [-0.2, 0) is 0 Å². The van der Waals surface area contributed by atoms with Gasteiger partial charge in [-0.25, -0.2) is 0 Å². The lowest BCUT2D eigenvalue weighted by atomic mass is 9.97. The molecule has 1 heteroatoms. The molecule has 2 aromatic carbocycles. The van der Waals surface area contributed by atoms with Crippen LogP contribution in [0, 0.1) is 0 Å². The summed E-state index contributed by atoms with van der Waals surface area (Å²) in [5.74, 6) is 1.29. The van der Waals surface area contributed by atoms with Crippen molar-refractivity contribution in [2.24, 2.45) is 0 Å². The van der Waals surface area contributed by atoms with Crippen molar-refractivity contribution in [3.63, 3.8) is 0 Å². The minimum atomic E-state index is 0.630. The zero-order valence-corrected chi connectivity index (χ0v) is 11.8. The summed E-state index contributed by atoms with van der Waals surface area (Å²) in [6.45, 7) is 0. The van der Waals surface area contributed by atoms with Gasteiger partial charge in [0.25, 0.3) is 0 Å². The lowest BCUT2D eigenvalue weighted by molar-refractivity contribution is 1.03. The van der Waals surface area contributed by atoms with Gasteiger partial charge in [0.15, 0.2) is 0 Å². The molecule has 1 heterocycles. The van der Waals surface area contributed by atoms with E-state index in [1.807, 2.05) is 12.3 Å². The van der Waals surface area contributed by atoms with E-state index in [1.165, 1.54) is 23.1 Å². The molecule has 0 aliphatic heterocycles. The Morgan fingerprint density at radius 3 is 2.29 bits per heavy atom. The van der Waals surface area contributed by atoms with Crippen molar-refractivity contribution in [1.82, 2.24) is 4.98 Å². The van der Waals surface area contributed by atoms with Gasteiger partial charge in [-0.05, 0) is 41.5 Å². The number of nitrogens with zero attached hydrogens (tertiary/aromatic N) is 1. The summed E-state index contributed by atoms with van der Waals surface area (Å²) in [5.41, 5.74) is 5.25. The van der Waals surface area contributed by atoms with E-state index < -0.39 is 0 Å². The van der Waals surface area contributed by atoms with Crippen molar-refractivity contribution in [3.05, 3.63) is 90.1 Å². The number of benzene rings is 2. The molecule has 1 saturated carbocycles. The molecule has 1 nitrogen and oxygen atoms in total. The predicted molar refractivity (Wildman–Crippen MR) is 86.2 cm³/mol. The Kier molecular flexibility index (Phi) is 3.04. The third-order valence-electron chi connectivity index (χ3n) is 4.32. The average molecular weight is 271 g/mol. The van der Waals surface area contributed by atoms with Crippen LogP contribution in [0.2, 0.25) is 0 Å². The molecule has 0 bridgehead atoms. The Hall–Kier alpha value is -2.41. The Morgan fingerprint density at radius 1 is 0.714 bits per heavy atom. The van der Waals surface area contributed by atoms with Crippen LogP contribution >= 0.6 is 0 Å². The molecule has 1 aromatic heterocycles. The molecule has 1 aliphatic carbocycles. The van der Waals surface area contributed by atoms with Crippen molar-refractivity contribution in [2.45, 2.75) is 18.3 Å². The summed E-state index contributed by atoms with van der Waals surface area (Å²) < 4.78 is 0. The molecule has 1 fully saturated rings. The van der Waals surface area contributed by atoms with E-state index in [4.69, 9.17) is 0 Å². The summed E-state index contributed by atoms with van der Waals surface area (Å²) >= 11 is 0. The highest BCUT2D eigenvalue weighted by atomic mass is 14.7. The quantitative estimate of drug-likeness (QED) is 0.651. The molecule has 0 spiro atoms. The van der Waals surface area contributed by atoms with Gasteiger partial charge in [0.1, 0.15) is 0 Å². The van der Waals surface area contributed by atoms with Gasteiger partial charge in [-0.1, -0.05) is 60.7 Å². The molecule has 0 saturated heterocycles. The number of hydrogen-bond acceptors (Lipinski definition) is 1. The first-order valence-corrected chi connectivity index (χ1v) is 7.49. The van der Waals surface area contributed by atoms with Crippen LogP contribution in [0.1, 0.15) is 29.4 Å². The number of pyridine rings is 1. The van der Waals surface area contributed by atoms with Crippen molar-refractivity contribution in [1.29, 1.82) is 0 Å². The fourth-order valence-corrected chi connectivity index (χ4v) is 3.18. The standard InChI is InChI=1S/C20H17N/c1-2-8-15(9-3-1)18-14-19(18)16-10-4-5-11-17(16)20-12-6-7-13-21-20/h1-13,18-19H,14H2. The molecule has 2 unspecified atom stereocenters. The van der Waals surface area contributed by atoms with Gasteiger partial charge >= 0.3 is 0 Å². The van der Waals surface area contributed by atoms with E-state index >= 15 is 0 Å². The van der Waals surface area contributed by atoms with E-state index in [1.54, 1.807) is 0 Å². The SMILES string of the molecule is c1ccc(C2CC2c2ccccc2-c2ccccn2)cc1. The highest BCUT2D eigenvalue weighted by Crippen LogP contribution is 2.56. The summed E-state index contributed by atoms with van der Waals surface area (Å²) in [6, 6.07) is 25.7. The molecule has 21 heavy (non-hydrogen) atoms. The second kappa shape index (κ2) is 5.17. The smallest absolute Gasteiger partial charge is 0.0704 e. The van der Waals surface area contributed by atoms with E-state index in [0.717, 1.165) is 5.69 Å². The second-order valence-corrected chi connectivity index (χ2v) is 5.66. The largest absolute Gasteiger partial charge is 0.256 e. The molecule has 0 amide bonds. The van der Waals surface area contributed by atoms with Crippen molar-refractivity contribution in [3.8, 4) is 11.3 Å². The van der Waals surface area contributed by atoms with Gasteiger partial charge in [-0.15, -0.1) is 0 Å². The number of rotatable bonds is 3. The maximum atomic E-state index is 4.52. The van der Waals surface area contributed by atoms with Gasteiger partial charge in [-0.3, -0.25) is 4.98 Å². The van der Waals surface area contributed by atoms with E-state index in [-0.39, 0.29) is 0 Å². The maximum Gasteiger partial charge on any atom is 0.0704 e. The Balaban J connectivity index is 1.69. The van der Waals surface area contributed by atoms with Gasteiger partial charge < -0.3 is 0 Å². The van der Waals surface area contributed by atoms with Crippen LogP contribution in [0.15, 0.2) is 79.0 Å². The normalized spacial score (nSPS) is 20.2. The summed E-state index contributed by atoms with van der Waals surface area (Å²) in [4.78, 5) is 4.52. The van der Waals surface area contributed by atoms with Gasteiger partial charge in [0, 0.05) is 11.8 Å². The maximum absolute atomic E-state index is 4.52. The Labute approximate surface area is 125 Å². The zero-order chi connectivity index (χ0) is 14.1. The first-order valence-electron chi connectivity index (χ1n) is 7.49. The predicted octanol–water partition coefficient (Wildman–Crippen LogP) is 5.02. The minimum absolute atomic E-state index is 0.630. The van der Waals surface area contributed by atoms with E-state index in [0.29, 0.717) is 11.8 Å². The van der Waals surface area contributed by atoms with E-state index in [2.05, 4.69) is 71.7 Å². The molecular weight excluding hydrogens is 254 g/mol. The Morgan fingerprint density at radius 2 is 1.48 bits per heavy atom. The van der Waals surface area contributed by atoms with Gasteiger partial charge in [-0.2, -0.15) is 0 Å². The van der Waals surface area contributed by atoms with Gasteiger partial charge in [0.2, 0.25) is 0 Å². The van der Waals surface area contributed by atoms with Crippen LogP contribution in [0.4, 0.5) is 0 Å². The molecule has 2 atom stereocenters. The molecule has 3 aromatic rings. The molecule has 1 aliphatic rings. The van der Waals surface area contributed by atoms with Crippen LogP contribution in [0.5, 0.6) is 0 Å². The lowest BCUT2D eigenvalue weighted by Gasteiger charge is -2.09. The van der Waals surface area contributed by atoms with Crippen molar-refractivity contribution in [2.75, 3.05) is 0 Å². The number of aromatic nitrogens is 1. The zero-order valence-electron chi connectivity index (χ0n) is 11.8. The average Bonchev–Trinajstić information content (AvgIpc) is 3.37. The molecule has 0 radical (unpaired) electrons. The summed E-state index contributed by atoms with van der Waals surface area (Å²) in [6.07, 6.45) is 3.11. The fraction of sp³-hybridized carbons (Fsp3) is 0.150. The highest BCUT2D eigenvalue weighted by Gasteiger charge is 2.40. The molecule has 102 valence electrons. The lowest BCUT2D eigenvalue weighted by Crippen LogP contribution is -1.91. The third-order valence-corrected chi connectivity index (χ3v) is 4.32. The number of hydrogen-bond donors (Lipinski definition) is 0. The van der Waals surface area contributed by atoms with Crippen LogP contribution in [-0.4, -0.2) is 4.98 Å². The second-order valence-electron chi connectivity index (χ2n) is 5.66. The highest BCUT2D eigenvalue weighted by molar-refractivity contribution is 5.65. The van der Waals surface area contributed by atoms with E-state index in [9.17, 15) is 0 Å². The van der Waals surface area contributed by atoms with Crippen LogP contribution in [0.25, 0.3) is 11.3 Å². The van der Waals surface area contributed by atoms with Gasteiger partial charge in [0.05, 0.1) is 5.69 Å². The molecule has 0 N–H and O–H groups in total. The topological polar surface area (TPSA) is 12.9 Å². The minimum Gasteiger partial charge on any atom is -0.256 e. The molecule has 4 rings (SSSR count). The molecular formula is C20H17N. The van der Waals surface area contributed by atoms with Crippen LogP contribution < -0.4 is 0 Å². The van der Waals surface area contributed by atoms with Crippen molar-refractivity contribution < 1.29 is 0 Å². The third kappa shape index (κ3) is 2.36. The monoisotopic (exact) mass is 271 g/mol. The Bertz CT molecular complexity index is 734. The first kappa shape index (κ1) is 12.3. The fourth-order valence-electron chi connectivity index (χ4n) is 3.18. The summed E-state index contributed by atoms with van der Waals surface area (Å²) in [7, 11) is 0. The van der Waals surface area contributed by atoms with Crippen LogP contribution in [0.3, 0.4) is 0 Å². The summed E-state index contributed by atoms with van der Waals surface area (Å²) in [5, 5.41) is 0. The first-order chi connectivity index (χ1) is 10.4. The van der Waals surface area contributed by atoms with Crippen molar-refractivity contribution >= 4 is 0 Å².